The molecular weight excluding hydrogens is 279 g/mol. The van der Waals surface area contributed by atoms with Gasteiger partial charge in [0, 0.05) is 12.0 Å². The number of rotatable bonds is 1. The molecule has 9 heteroatoms. The van der Waals surface area contributed by atoms with Crippen LogP contribution in [0.15, 0.2) is 0 Å². The normalized spacial score (nSPS) is 25.1. The number of alkyl halides is 3. The Morgan fingerprint density at radius 2 is 2.16 bits per heavy atom. The fourth-order valence-electron chi connectivity index (χ4n) is 2.28. The van der Waals surface area contributed by atoms with Crippen molar-refractivity contribution in [1.82, 2.24) is 25.1 Å². The lowest BCUT2D eigenvalue weighted by Crippen LogP contribution is -2.41. The zero-order valence-corrected chi connectivity index (χ0v) is 11.0. The number of halogens is 3. The van der Waals surface area contributed by atoms with E-state index < -0.39 is 12.0 Å². The summed E-state index contributed by atoms with van der Waals surface area (Å²) in [6.45, 7) is 3.67. The molecule has 0 spiro atoms. The molecule has 1 aliphatic rings. The topological polar surface area (TPSA) is 55.1 Å². The van der Waals surface area contributed by atoms with E-state index in [1.165, 1.54) is 11.3 Å². The molecule has 0 amide bonds. The van der Waals surface area contributed by atoms with Gasteiger partial charge in [0.1, 0.15) is 5.01 Å². The van der Waals surface area contributed by atoms with Crippen molar-refractivity contribution in [3.63, 3.8) is 0 Å². The SMILES string of the molecule is CC1(c2nn3c(C(F)(F)F)nnc3s2)CCCNC1. The zero-order valence-electron chi connectivity index (χ0n) is 10.2. The quantitative estimate of drug-likeness (QED) is 0.871. The van der Waals surface area contributed by atoms with Crippen LogP contribution in [-0.4, -0.2) is 32.9 Å². The molecule has 1 atom stereocenters. The first kappa shape index (κ1) is 12.8. The lowest BCUT2D eigenvalue weighted by molar-refractivity contribution is -0.146. The molecule has 2 aromatic rings. The van der Waals surface area contributed by atoms with Crippen molar-refractivity contribution in [2.75, 3.05) is 13.1 Å². The highest BCUT2D eigenvalue weighted by molar-refractivity contribution is 7.16. The van der Waals surface area contributed by atoms with E-state index in [4.69, 9.17) is 0 Å². The van der Waals surface area contributed by atoms with Crippen LogP contribution in [0.5, 0.6) is 0 Å². The van der Waals surface area contributed by atoms with Crippen LogP contribution in [0.4, 0.5) is 13.2 Å². The van der Waals surface area contributed by atoms with Crippen LogP contribution < -0.4 is 5.32 Å². The Balaban J connectivity index is 2.05. The maximum Gasteiger partial charge on any atom is 0.453 e. The fraction of sp³-hybridized carbons (Fsp3) is 0.700. The predicted octanol–water partition coefficient (Wildman–Crippen LogP) is 1.85. The Hall–Kier alpha value is -1.22. The molecule has 0 aromatic carbocycles. The van der Waals surface area contributed by atoms with Crippen LogP contribution in [0, 0.1) is 0 Å². The van der Waals surface area contributed by atoms with Crippen molar-refractivity contribution in [1.29, 1.82) is 0 Å². The van der Waals surface area contributed by atoms with Crippen molar-refractivity contribution in [3.05, 3.63) is 10.8 Å². The molecule has 2 aromatic heterocycles. The van der Waals surface area contributed by atoms with Crippen molar-refractivity contribution in [2.45, 2.75) is 31.4 Å². The molecule has 1 N–H and O–H groups in total. The molecule has 19 heavy (non-hydrogen) atoms. The Kier molecular flexibility index (Phi) is 2.79. The van der Waals surface area contributed by atoms with Crippen LogP contribution >= 0.6 is 11.3 Å². The van der Waals surface area contributed by atoms with E-state index in [9.17, 15) is 13.2 Å². The first-order valence-corrected chi connectivity index (χ1v) is 6.72. The second kappa shape index (κ2) is 4.14. The Bertz CT molecular complexity index is 596. The summed E-state index contributed by atoms with van der Waals surface area (Å²) in [5.74, 6) is -1.06. The van der Waals surface area contributed by atoms with Gasteiger partial charge in [0.2, 0.25) is 4.96 Å². The molecule has 0 bridgehead atoms. The zero-order chi connectivity index (χ0) is 13.7. The highest BCUT2D eigenvalue weighted by Crippen LogP contribution is 2.35. The minimum Gasteiger partial charge on any atom is -0.316 e. The molecule has 5 nitrogen and oxygen atoms in total. The van der Waals surface area contributed by atoms with Gasteiger partial charge in [-0.1, -0.05) is 18.3 Å². The lowest BCUT2D eigenvalue weighted by Gasteiger charge is -2.31. The van der Waals surface area contributed by atoms with Gasteiger partial charge in [-0.05, 0) is 19.4 Å². The number of aromatic nitrogens is 4. The second-order valence-electron chi connectivity index (χ2n) is 4.96. The van der Waals surface area contributed by atoms with Gasteiger partial charge in [-0.25, -0.2) is 0 Å². The molecule has 1 aliphatic heterocycles. The predicted molar refractivity (Wildman–Crippen MR) is 63.1 cm³/mol. The van der Waals surface area contributed by atoms with Crippen LogP contribution in [0.1, 0.15) is 30.6 Å². The van der Waals surface area contributed by atoms with E-state index in [-0.39, 0.29) is 10.4 Å². The third-order valence-corrected chi connectivity index (χ3v) is 4.56. The van der Waals surface area contributed by atoms with Crippen LogP contribution in [-0.2, 0) is 11.6 Å². The monoisotopic (exact) mass is 291 g/mol. The largest absolute Gasteiger partial charge is 0.453 e. The van der Waals surface area contributed by atoms with Crippen LogP contribution in [0.3, 0.4) is 0 Å². The second-order valence-corrected chi connectivity index (χ2v) is 5.92. The maximum atomic E-state index is 12.7. The van der Waals surface area contributed by atoms with E-state index >= 15 is 0 Å². The molecule has 0 radical (unpaired) electrons. The molecule has 1 unspecified atom stereocenters. The van der Waals surface area contributed by atoms with Crippen molar-refractivity contribution >= 4 is 16.3 Å². The highest BCUT2D eigenvalue weighted by atomic mass is 32.1. The van der Waals surface area contributed by atoms with Crippen molar-refractivity contribution < 1.29 is 13.2 Å². The number of nitrogens with one attached hydrogen (secondary N) is 1. The van der Waals surface area contributed by atoms with E-state index in [0.29, 0.717) is 5.01 Å². The van der Waals surface area contributed by atoms with Gasteiger partial charge in [-0.2, -0.15) is 22.8 Å². The highest BCUT2D eigenvalue weighted by Gasteiger charge is 2.40. The first-order valence-electron chi connectivity index (χ1n) is 5.91. The molecular formula is C10H12F3N5S. The minimum absolute atomic E-state index is 0.189. The number of piperidine rings is 1. The van der Waals surface area contributed by atoms with E-state index in [1.54, 1.807) is 0 Å². The van der Waals surface area contributed by atoms with Crippen LogP contribution in [0.25, 0.3) is 4.96 Å². The van der Waals surface area contributed by atoms with Gasteiger partial charge >= 0.3 is 6.18 Å². The minimum atomic E-state index is -4.53. The number of hydrogen-bond acceptors (Lipinski definition) is 5. The van der Waals surface area contributed by atoms with E-state index in [0.717, 1.165) is 30.4 Å². The summed E-state index contributed by atoms with van der Waals surface area (Å²) in [7, 11) is 0. The molecule has 0 saturated carbocycles. The molecule has 1 saturated heterocycles. The van der Waals surface area contributed by atoms with Crippen molar-refractivity contribution in [3.8, 4) is 0 Å². The summed E-state index contributed by atoms with van der Waals surface area (Å²) in [6.07, 6.45) is -2.63. The third kappa shape index (κ3) is 2.10. The average Bonchev–Trinajstić information content (AvgIpc) is 2.87. The van der Waals surface area contributed by atoms with Gasteiger partial charge in [-0.3, -0.25) is 0 Å². The molecule has 3 heterocycles. The summed E-state index contributed by atoms with van der Waals surface area (Å²) in [4.78, 5) is 0.189. The molecule has 104 valence electrons. The standard InChI is InChI=1S/C10H12F3N5S/c1-9(3-2-4-14-5-9)7-17-18-6(10(11,12)13)15-16-8(18)19-7/h14H,2-5H2,1H3. The lowest BCUT2D eigenvalue weighted by atomic mass is 9.83. The van der Waals surface area contributed by atoms with Crippen LogP contribution in [0.2, 0.25) is 0 Å². The fourth-order valence-corrected chi connectivity index (χ4v) is 3.29. The summed E-state index contributed by atoms with van der Waals surface area (Å²) in [5.41, 5.74) is -0.230. The summed E-state index contributed by atoms with van der Waals surface area (Å²) in [5, 5.41) is 14.7. The Labute approximate surface area is 110 Å². The first-order chi connectivity index (χ1) is 8.90. The average molecular weight is 291 g/mol. The molecule has 0 aliphatic carbocycles. The molecule has 1 fully saturated rings. The van der Waals surface area contributed by atoms with Gasteiger partial charge in [0.05, 0.1) is 0 Å². The van der Waals surface area contributed by atoms with Crippen molar-refractivity contribution in [2.24, 2.45) is 0 Å². The van der Waals surface area contributed by atoms with Gasteiger partial charge in [-0.15, -0.1) is 10.2 Å². The summed E-state index contributed by atoms with van der Waals surface area (Å²) >= 11 is 1.18. The van der Waals surface area contributed by atoms with Gasteiger partial charge < -0.3 is 5.32 Å². The van der Waals surface area contributed by atoms with E-state index in [1.807, 2.05) is 6.92 Å². The number of hydrogen-bond donors (Lipinski definition) is 1. The number of fused-ring (bicyclic) bond motifs is 1. The van der Waals surface area contributed by atoms with Gasteiger partial charge in [0.15, 0.2) is 0 Å². The van der Waals surface area contributed by atoms with E-state index in [2.05, 4.69) is 20.6 Å². The summed E-state index contributed by atoms with van der Waals surface area (Å²) < 4.78 is 39.0. The summed E-state index contributed by atoms with van der Waals surface area (Å²) in [6, 6.07) is 0. The Morgan fingerprint density at radius 3 is 2.79 bits per heavy atom. The maximum absolute atomic E-state index is 12.7. The smallest absolute Gasteiger partial charge is 0.316 e. The Morgan fingerprint density at radius 1 is 1.37 bits per heavy atom. The molecule has 3 rings (SSSR count). The number of nitrogens with zero attached hydrogens (tertiary/aromatic N) is 4. The third-order valence-electron chi connectivity index (χ3n) is 3.36. The van der Waals surface area contributed by atoms with Gasteiger partial charge in [0.25, 0.3) is 5.82 Å².